The topological polar surface area (TPSA) is 102 Å². The molecule has 8 fully saturated rings. The molecule has 390 valence electrons. The van der Waals surface area contributed by atoms with Gasteiger partial charge in [-0.2, -0.15) is 0 Å². The second-order valence-electron chi connectivity index (χ2n) is 28.7. The van der Waals surface area contributed by atoms with Crippen LogP contribution in [0, 0.1) is 45.3 Å². The zero-order valence-corrected chi connectivity index (χ0v) is 45.8. The summed E-state index contributed by atoms with van der Waals surface area (Å²) in [5, 5.41) is 25.6. The third kappa shape index (κ3) is 5.62. The molecular formula is C61H88N2O8. The Morgan fingerprint density at radius 3 is 1.80 bits per heavy atom. The van der Waals surface area contributed by atoms with Crippen molar-refractivity contribution in [1.82, 2.24) is 9.80 Å². The number of benzene rings is 2. The molecule has 3 spiro atoms. The SMILES string of the molecule is CO[C@]1(C)[C@@H]([C@](C)(O)C(C)(C)C)C[C@]2(C)[C@H]3Cc4ccc(OCCOc5ccc6c7c5O[C@@]5(C)[C@]78CCN(CC7CC7)[C@H](C6)[C@]86CC[C@@]5(OC)[C@@H]([C@](C)(O)C(C)(C)C)C6)c5c4[C@@]2(CCN3CC2CC2)[C@H]1O5. The highest BCUT2D eigenvalue weighted by molar-refractivity contribution is 5.66. The summed E-state index contributed by atoms with van der Waals surface area (Å²) in [5.74, 6) is 4.64. The molecule has 2 saturated heterocycles. The van der Waals surface area contributed by atoms with Gasteiger partial charge in [0.25, 0.3) is 0 Å². The number of piperidine rings is 2. The maximum absolute atomic E-state index is 12.9. The summed E-state index contributed by atoms with van der Waals surface area (Å²) in [6.45, 7) is 29.5. The van der Waals surface area contributed by atoms with Crippen molar-refractivity contribution in [3.05, 3.63) is 46.5 Å². The molecule has 10 heteroatoms. The van der Waals surface area contributed by atoms with Crippen LogP contribution in [0.2, 0.25) is 0 Å². The van der Waals surface area contributed by atoms with Crippen LogP contribution < -0.4 is 18.9 Å². The van der Waals surface area contributed by atoms with Crippen LogP contribution in [0.15, 0.2) is 24.3 Å². The summed E-state index contributed by atoms with van der Waals surface area (Å²) >= 11 is 0. The van der Waals surface area contributed by atoms with Crippen LogP contribution in [0.4, 0.5) is 0 Å². The van der Waals surface area contributed by atoms with Gasteiger partial charge in [-0.05, 0) is 169 Å². The van der Waals surface area contributed by atoms with Gasteiger partial charge in [-0.3, -0.25) is 9.80 Å². The van der Waals surface area contributed by atoms with Crippen molar-refractivity contribution in [1.29, 1.82) is 0 Å². The second kappa shape index (κ2) is 14.7. The number of hydrogen-bond acceptors (Lipinski definition) is 10. The lowest BCUT2D eigenvalue weighted by Gasteiger charge is -2.78. The van der Waals surface area contributed by atoms with E-state index < -0.39 is 28.0 Å². The normalized spacial score (nSPS) is 43.2. The van der Waals surface area contributed by atoms with Crippen molar-refractivity contribution in [3.63, 3.8) is 0 Å². The molecule has 2 aromatic carbocycles. The number of ether oxygens (including phenoxy) is 6. The lowest BCUT2D eigenvalue weighted by atomic mass is 9.30. The van der Waals surface area contributed by atoms with Gasteiger partial charge in [0.1, 0.15) is 36.1 Å². The van der Waals surface area contributed by atoms with Crippen molar-refractivity contribution in [2.24, 2.45) is 45.3 Å². The van der Waals surface area contributed by atoms with E-state index >= 15 is 0 Å². The fourth-order valence-electron chi connectivity index (χ4n) is 19.5. The van der Waals surface area contributed by atoms with Crippen LogP contribution in [-0.2, 0) is 33.1 Å². The van der Waals surface area contributed by atoms with Crippen molar-refractivity contribution in [2.75, 3.05) is 53.6 Å². The molecule has 6 saturated carbocycles. The highest BCUT2D eigenvalue weighted by Crippen LogP contribution is 2.82. The molecule has 0 aromatic heterocycles. The van der Waals surface area contributed by atoms with Gasteiger partial charge in [-0.15, -0.1) is 0 Å². The van der Waals surface area contributed by atoms with Crippen LogP contribution >= 0.6 is 0 Å². The average molecular weight is 977 g/mol. The van der Waals surface area contributed by atoms with Gasteiger partial charge in [-0.25, -0.2) is 0 Å². The minimum Gasteiger partial charge on any atom is -0.486 e. The second-order valence-corrected chi connectivity index (χ2v) is 28.7. The van der Waals surface area contributed by atoms with Crippen LogP contribution in [0.3, 0.4) is 0 Å². The number of rotatable bonds is 13. The molecule has 4 heterocycles. The Kier molecular flexibility index (Phi) is 9.92. The Bertz CT molecular complexity index is 2540. The van der Waals surface area contributed by atoms with E-state index in [4.69, 9.17) is 28.4 Å². The molecule has 2 aromatic rings. The standard InChI is InChI=1S/C61H88N2O8/c1-51(2,3)55(9,64)42-32-53(7)44-30-38-18-20-40(48-46(38)59(53,50(70-48)54(42,8)66-12)24-26-62(44)34-36-14-15-36)68-28-29-69-41-21-19-39-31-45-58-22-23-61(67-13,43(33-58)56(10,65)52(4,5)6)57(11)60(58,47(39)49(41)71-57)25-27-63(45)35-37-16-17-37/h18-21,36-37,42-45,50,64-65H,14-17,22-35H2,1-13H3/t42-,43+,44+,45+,50-,53+,54+,55-,56-,57-,58+,59-,60-,61+/m0/s1. The highest BCUT2D eigenvalue weighted by Gasteiger charge is 2.87. The third-order valence-electron chi connectivity index (χ3n) is 24.5. The predicted molar refractivity (Wildman–Crippen MR) is 275 cm³/mol. The molecule has 8 aliphatic carbocycles. The quantitative estimate of drug-likeness (QED) is 0.189. The maximum Gasteiger partial charge on any atom is 0.166 e. The first-order chi connectivity index (χ1) is 33.4. The predicted octanol–water partition coefficient (Wildman–Crippen LogP) is 9.82. The van der Waals surface area contributed by atoms with Gasteiger partial charge in [0, 0.05) is 73.2 Å². The van der Waals surface area contributed by atoms with E-state index in [0.29, 0.717) is 25.3 Å². The molecule has 0 unspecified atom stereocenters. The summed E-state index contributed by atoms with van der Waals surface area (Å²) < 4.78 is 42.9. The number of nitrogens with zero attached hydrogens (tertiary/aromatic N) is 2. The Morgan fingerprint density at radius 1 is 0.648 bits per heavy atom. The minimum absolute atomic E-state index is 0.0632. The van der Waals surface area contributed by atoms with E-state index in [2.05, 4.69) is 110 Å². The summed E-state index contributed by atoms with van der Waals surface area (Å²) in [4.78, 5) is 5.71. The molecule has 4 aliphatic heterocycles. The molecule has 14 atom stereocenters. The van der Waals surface area contributed by atoms with E-state index in [1.807, 2.05) is 14.2 Å². The Labute approximate surface area is 425 Å². The van der Waals surface area contributed by atoms with E-state index in [9.17, 15) is 10.2 Å². The van der Waals surface area contributed by atoms with Crippen LogP contribution in [0.1, 0.15) is 163 Å². The lowest BCUT2D eigenvalue weighted by Crippen LogP contribution is -2.87. The van der Waals surface area contributed by atoms with Gasteiger partial charge in [0.15, 0.2) is 23.0 Å². The third-order valence-corrected chi connectivity index (χ3v) is 24.5. The van der Waals surface area contributed by atoms with Crippen molar-refractivity contribution >= 4 is 0 Å². The Morgan fingerprint density at radius 2 is 1.21 bits per heavy atom. The molecule has 0 amide bonds. The summed E-state index contributed by atoms with van der Waals surface area (Å²) in [6, 6.07) is 9.75. The van der Waals surface area contributed by atoms with Gasteiger partial charge >= 0.3 is 0 Å². The van der Waals surface area contributed by atoms with Crippen LogP contribution in [0.5, 0.6) is 23.0 Å². The number of fused-ring (bicyclic) bond motifs is 2. The van der Waals surface area contributed by atoms with E-state index in [-0.39, 0.29) is 50.4 Å². The smallest absolute Gasteiger partial charge is 0.166 e. The van der Waals surface area contributed by atoms with E-state index in [0.717, 1.165) is 106 Å². The summed E-state index contributed by atoms with van der Waals surface area (Å²) in [7, 11) is 3.73. The highest BCUT2D eigenvalue weighted by atomic mass is 16.6. The molecule has 12 aliphatic rings. The summed E-state index contributed by atoms with van der Waals surface area (Å²) in [5.41, 5.74) is -0.205. The zero-order chi connectivity index (χ0) is 50.1. The zero-order valence-electron chi connectivity index (χ0n) is 45.8. The number of likely N-dealkylation sites (tertiary alicyclic amines) is 2. The number of methoxy groups -OCH3 is 2. The first kappa shape index (κ1) is 48.1. The molecule has 2 N–H and O–H groups in total. The number of aliphatic hydroxyl groups is 2. The Balaban J connectivity index is 0.835. The molecular weight excluding hydrogens is 889 g/mol. The minimum atomic E-state index is -1.02. The van der Waals surface area contributed by atoms with Gasteiger partial charge in [0.2, 0.25) is 0 Å². The molecule has 71 heavy (non-hydrogen) atoms. The number of hydrogen-bond donors (Lipinski definition) is 2. The van der Waals surface area contributed by atoms with Crippen molar-refractivity contribution in [3.8, 4) is 23.0 Å². The molecule has 0 radical (unpaired) electrons. The van der Waals surface area contributed by atoms with Gasteiger partial charge in [0.05, 0.1) is 16.6 Å². The molecule has 10 nitrogen and oxygen atoms in total. The maximum atomic E-state index is 12.9. The average Bonchev–Trinajstić information content (AvgIpc) is 4.25. The molecule has 14 rings (SSSR count). The largest absolute Gasteiger partial charge is 0.486 e. The molecule has 6 bridgehead atoms. The van der Waals surface area contributed by atoms with Gasteiger partial charge in [-0.1, -0.05) is 60.6 Å². The fraction of sp³-hybridized carbons (Fsp3) is 0.803. The van der Waals surface area contributed by atoms with Crippen LogP contribution in [0.25, 0.3) is 0 Å². The van der Waals surface area contributed by atoms with Crippen molar-refractivity contribution < 1.29 is 38.6 Å². The van der Waals surface area contributed by atoms with E-state index in [1.54, 1.807) is 0 Å². The van der Waals surface area contributed by atoms with Crippen LogP contribution in [-0.4, -0.2) is 120 Å². The summed E-state index contributed by atoms with van der Waals surface area (Å²) in [6.07, 6.45) is 12.8. The first-order valence-electron chi connectivity index (χ1n) is 28.3. The first-order valence-corrected chi connectivity index (χ1v) is 28.3. The lowest BCUT2D eigenvalue weighted by molar-refractivity contribution is -0.345. The Hall–Kier alpha value is -2.60. The van der Waals surface area contributed by atoms with E-state index in [1.165, 1.54) is 54.5 Å². The fourth-order valence-corrected chi connectivity index (χ4v) is 19.5. The van der Waals surface area contributed by atoms with Crippen molar-refractivity contribution in [2.45, 2.75) is 210 Å². The monoisotopic (exact) mass is 977 g/mol. The van der Waals surface area contributed by atoms with Gasteiger partial charge < -0.3 is 38.6 Å².